The zero-order valence-electron chi connectivity index (χ0n) is 7.74. The topological polar surface area (TPSA) is 30.7 Å². The van der Waals surface area contributed by atoms with Crippen molar-refractivity contribution in [2.45, 2.75) is 6.18 Å². The Morgan fingerprint density at radius 1 is 1.06 bits per heavy atom. The summed E-state index contributed by atoms with van der Waals surface area (Å²) < 4.78 is 38.7. The van der Waals surface area contributed by atoms with Gasteiger partial charge in [-0.1, -0.05) is 18.2 Å². The van der Waals surface area contributed by atoms with Crippen LogP contribution >= 0.6 is 15.9 Å². The van der Waals surface area contributed by atoms with Crippen LogP contribution in [0.3, 0.4) is 0 Å². The molecule has 3 nitrogen and oxygen atoms in total. The van der Waals surface area contributed by atoms with Crippen LogP contribution in [0.2, 0.25) is 0 Å². The van der Waals surface area contributed by atoms with Gasteiger partial charge in [-0.05, 0) is 28.1 Å². The molecular weight excluding hydrogens is 287 g/mol. The second-order valence-corrected chi connectivity index (χ2v) is 3.67. The highest BCUT2D eigenvalue weighted by Gasteiger charge is 2.38. The molecule has 2 aromatic rings. The molecular formula is C9H5BrF3N3. The minimum Gasteiger partial charge on any atom is -0.266 e. The predicted molar refractivity (Wildman–Crippen MR) is 54.1 cm³/mol. The Balaban J connectivity index is 2.61. The fourth-order valence-electron chi connectivity index (χ4n) is 1.25. The zero-order valence-corrected chi connectivity index (χ0v) is 9.33. The van der Waals surface area contributed by atoms with Gasteiger partial charge >= 0.3 is 6.18 Å². The molecule has 16 heavy (non-hydrogen) atoms. The molecule has 0 spiro atoms. The molecule has 1 aromatic heterocycles. The number of benzene rings is 1. The summed E-state index contributed by atoms with van der Waals surface area (Å²) in [7, 11) is 0. The minimum absolute atomic E-state index is 0.0195. The fourth-order valence-corrected chi connectivity index (χ4v) is 1.71. The second kappa shape index (κ2) is 3.89. The molecule has 0 aliphatic carbocycles. The van der Waals surface area contributed by atoms with Gasteiger partial charge in [0.15, 0.2) is 0 Å². The number of halogens is 4. The molecule has 0 saturated carbocycles. The molecule has 0 aliphatic heterocycles. The van der Waals surface area contributed by atoms with Gasteiger partial charge in [-0.25, -0.2) is 0 Å². The van der Waals surface area contributed by atoms with Crippen molar-refractivity contribution in [1.82, 2.24) is 14.8 Å². The van der Waals surface area contributed by atoms with E-state index < -0.39 is 12.0 Å². The number of alkyl halides is 3. The quantitative estimate of drug-likeness (QED) is 0.808. The number of nitrogens with zero attached hydrogens (tertiary/aromatic N) is 3. The Morgan fingerprint density at radius 2 is 1.69 bits per heavy atom. The van der Waals surface area contributed by atoms with Gasteiger partial charge in [-0.15, -0.1) is 10.2 Å². The maximum absolute atomic E-state index is 12.6. The molecule has 84 valence electrons. The molecule has 7 heteroatoms. The van der Waals surface area contributed by atoms with Crippen LogP contribution in [0.25, 0.3) is 5.69 Å². The molecule has 0 saturated heterocycles. The molecule has 0 bridgehead atoms. The van der Waals surface area contributed by atoms with Gasteiger partial charge in [0.05, 0.1) is 0 Å². The molecule has 1 aromatic carbocycles. The molecule has 0 amide bonds. The monoisotopic (exact) mass is 291 g/mol. The van der Waals surface area contributed by atoms with Crippen molar-refractivity contribution in [2.24, 2.45) is 0 Å². The van der Waals surface area contributed by atoms with Gasteiger partial charge in [0.1, 0.15) is 0 Å². The first-order valence-electron chi connectivity index (χ1n) is 4.23. The van der Waals surface area contributed by atoms with E-state index in [-0.39, 0.29) is 4.73 Å². The first-order chi connectivity index (χ1) is 7.50. The van der Waals surface area contributed by atoms with Gasteiger partial charge in [0, 0.05) is 5.69 Å². The van der Waals surface area contributed by atoms with Gasteiger partial charge in [-0.2, -0.15) is 13.2 Å². The highest BCUT2D eigenvalue weighted by atomic mass is 79.9. The summed E-state index contributed by atoms with van der Waals surface area (Å²) in [5, 5.41) is 6.47. The lowest BCUT2D eigenvalue weighted by atomic mass is 10.3. The van der Waals surface area contributed by atoms with Gasteiger partial charge in [0.2, 0.25) is 10.6 Å². The maximum Gasteiger partial charge on any atom is 0.452 e. The van der Waals surface area contributed by atoms with E-state index in [1.54, 1.807) is 30.3 Å². The third-order valence-corrected chi connectivity index (χ3v) is 2.40. The first kappa shape index (κ1) is 11.1. The smallest absolute Gasteiger partial charge is 0.266 e. The van der Waals surface area contributed by atoms with Crippen molar-refractivity contribution in [3.63, 3.8) is 0 Å². The highest BCUT2D eigenvalue weighted by Crippen LogP contribution is 2.31. The van der Waals surface area contributed by atoms with E-state index in [1.165, 1.54) is 0 Å². The van der Waals surface area contributed by atoms with Crippen LogP contribution in [0, 0.1) is 0 Å². The summed E-state index contributed by atoms with van der Waals surface area (Å²) in [4.78, 5) is 0. The number of para-hydroxylation sites is 1. The standard InChI is InChI=1S/C9H5BrF3N3/c10-8-15-14-7(9(11,12)13)16(8)6-4-2-1-3-5-6/h1-5H. The average Bonchev–Trinajstić information content (AvgIpc) is 2.61. The first-order valence-corrected chi connectivity index (χ1v) is 5.03. The summed E-state index contributed by atoms with van der Waals surface area (Å²) in [5.41, 5.74) is 0.353. The second-order valence-electron chi connectivity index (χ2n) is 2.96. The summed E-state index contributed by atoms with van der Waals surface area (Å²) in [6.45, 7) is 0. The lowest BCUT2D eigenvalue weighted by molar-refractivity contribution is -0.146. The Bertz CT molecular complexity index is 492. The predicted octanol–water partition coefficient (Wildman–Crippen LogP) is 3.05. The van der Waals surface area contributed by atoms with Crippen LogP contribution in [-0.2, 0) is 6.18 Å². The summed E-state index contributed by atoms with van der Waals surface area (Å²) in [6.07, 6.45) is -4.53. The lowest BCUT2D eigenvalue weighted by Gasteiger charge is -2.09. The number of hydrogen-bond donors (Lipinski definition) is 0. The van der Waals surface area contributed by atoms with Crippen molar-refractivity contribution in [3.8, 4) is 5.69 Å². The largest absolute Gasteiger partial charge is 0.452 e. The van der Waals surface area contributed by atoms with Crippen LogP contribution in [0.5, 0.6) is 0 Å². The number of hydrogen-bond acceptors (Lipinski definition) is 2. The van der Waals surface area contributed by atoms with E-state index in [4.69, 9.17) is 0 Å². The maximum atomic E-state index is 12.6. The fraction of sp³-hybridized carbons (Fsp3) is 0.111. The van der Waals surface area contributed by atoms with E-state index in [1.807, 2.05) is 0 Å². The molecule has 0 unspecified atom stereocenters. The van der Waals surface area contributed by atoms with Gasteiger partial charge in [0.25, 0.3) is 0 Å². The van der Waals surface area contributed by atoms with Crippen molar-refractivity contribution in [1.29, 1.82) is 0 Å². The summed E-state index contributed by atoms with van der Waals surface area (Å²) in [6, 6.07) is 8.09. The van der Waals surface area contributed by atoms with Crippen molar-refractivity contribution in [2.75, 3.05) is 0 Å². The number of aromatic nitrogens is 3. The molecule has 0 N–H and O–H groups in total. The van der Waals surface area contributed by atoms with E-state index in [0.29, 0.717) is 5.69 Å². The molecule has 0 radical (unpaired) electrons. The van der Waals surface area contributed by atoms with Crippen LogP contribution in [-0.4, -0.2) is 14.8 Å². The van der Waals surface area contributed by atoms with Gasteiger partial charge < -0.3 is 0 Å². The van der Waals surface area contributed by atoms with E-state index in [2.05, 4.69) is 26.1 Å². The minimum atomic E-state index is -4.53. The average molecular weight is 292 g/mol. The highest BCUT2D eigenvalue weighted by molar-refractivity contribution is 9.10. The number of rotatable bonds is 1. The van der Waals surface area contributed by atoms with E-state index in [9.17, 15) is 13.2 Å². The van der Waals surface area contributed by atoms with Crippen LogP contribution in [0.15, 0.2) is 35.1 Å². The van der Waals surface area contributed by atoms with Crippen LogP contribution in [0.1, 0.15) is 5.82 Å². The lowest BCUT2D eigenvalue weighted by Crippen LogP contribution is -2.14. The third kappa shape index (κ3) is 1.95. The molecule has 0 fully saturated rings. The van der Waals surface area contributed by atoms with E-state index >= 15 is 0 Å². The molecule has 0 atom stereocenters. The molecule has 0 aliphatic rings. The Kier molecular flexibility index (Phi) is 2.71. The Hall–Kier alpha value is -1.37. The van der Waals surface area contributed by atoms with Crippen molar-refractivity contribution < 1.29 is 13.2 Å². The Morgan fingerprint density at radius 3 is 2.25 bits per heavy atom. The normalized spacial score (nSPS) is 11.8. The van der Waals surface area contributed by atoms with Crippen molar-refractivity contribution in [3.05, 3.63) is 40.9 Å². The Labute approximate surface area is 97.0 Å². The van der Waals surface area contributed by atoms with Crippen LogP contribution < -0.4 is 0 Å². The SMILES string of the molecule is FC(F)(F)c1nnc(Br)n1-c1ccccc1. The summed E-state index contributed by atoms with van der Waals surface area (Å²) in [5.74, 6) is -1.05. The van der Waals surface area contributed by atoms with E-state index in [0.717, 1.165) is 4.57 Å². The van der Waals surface area contributed by atoms with Crippen molar-refractivity contribution >= 4 is 15.9 Å². The molecule has 1 heterocycles. The zero-order chi connectivity index (χ0) is 11.8. The van der Waals surface area contributed by atoms with Crippen LogP contribution in [0.4, 0.5) is 13.2 Å². The molecule has 2 rings (SSSR count). The summed E-state index contributed by atoms with van der Waals surface area (Å²) >= 11 is 2.94. The third-order valence-electron chi connectivity index (χ3n) is 1.89. The van der Waals surface area contributed by atoms with Gasteiger partial charge in [-0.3, -0.25) is 4.57 Å².